The summed E-state index contributed by atoms with van der Waals surface area (Å²) in [4.78, 5) is 2.19. The van der Waals surface area contributed by atoms with E-state index in [9.17, 15) is 0 Å². The molecule has 78 valence electrons. The summed E-state index contributed by atoms with van der Waals surface area (Å²) in [5, 5.41) is 17.8. The largest absolute Gasteiger partial charge is 0.367 e. The molecule has 1 heterocycles. The molecule has 1 aliphatic heterocycles. The summed E-state index contributed by atoms with van der Waals surface area (Å²) in [6.07, 6.45) is 1.13. The zero-order chi connectivity index (χ0) is 10.0. The van der Waals surface area contributed by atoms with E-state index in [2.05, 4.69) is 25.7 Å². The number of likely N-dealkylation sites (tertiary alicyclic amines) is 1. The summed E-state index contributed by atoms with van der Waals surface area (Å²) >= 11 is 0. The van der Waals surface area contributed by atoms with Gasteiger partial charge in [0.15, 0.2) is 6.29 Å². The van der Waals surface area contributed by atoms with E-state index in [1.807, 2.05) is 0 Å². The van der Waals surface area contributed by atoms with Gasteiger partial charge in [-0.1, -0.05) is 6.92 Å². The van der Waals surface area contributed by atoms with Gasteiger partial charge < -0.3 is 10.2 Å². The van der Waals surface area contributed by atoms with Gasteiger partial charge in [-0.05, 0) is 32.6 Å². The molecule has 2 unspecified atom stereocenters. The van der Waals surface area contributed by atoms with Crippen molar-refractivity contribution in [2.24, 2.45) is 5.92 Å². The number of aliphatic hydroxyl groups is 2. The van der Waals surface area contributed by atoms with Crippen LogP contribution >= 0.6 is 0 Å². The zero-order valence-electron chi connectivity index (χ0n) is 8.77. The van der Waals surface area contributed by atoms with Gasteiger partial charge in [0.05, 0.1) is 0 Å². The molecule has 1 saturated heterocycles. The molecule has 1 aliphatic rings. The SMILES string of the molecule is CC1CC(C)N(CC(O)O)C(C)C1. The Bertz CT molecular complexity index is 149. The zero-order valence-corrected chi connectivity index (χ0v) is 8.77. The first kappa shape index (κ1) is 11.0. The van der Waals surface area contributed by atoms with Crippen LogP contribution in [0.15, 0.2) is 0 Å². The van der Waals surface area contributed by atoms with E-state index in [0.717, 1.165) is 18.8 Å². The van der Waals surface area contributed by atoms with E-state index in [4.69, 9.17) is 10.2 Å². The first-order valence-corrected chi connectivity index (χ1v) is 5.12. The Kier molecular flexibility index (Phi) is 3.71. The second kappa shape index (κ2) is 4.40. The van der Waals surface area contributed by atoms with Crippen molar-refractivity contribution in [3.8, 4) is 0 Å². The van der Waals surface area contributed by atoms with Gasteiger partial charge >= 0.3 is 0 Å². The number of nitrogens with zero attached hydrogens (tertiary/aromatic N) is 1. The molecule has 2 atom stereocenters. The third-order valence-electron chi connectivity index (χ3n) is 2.99. The van der Waals surface area contributed by atoms with Crippen LogP contribution in [0, 0.1) is 5.92 Å². The Hall–Kier alpha value is -0.120. The van der Waals surface area contributed by atoms with Gasteiger partial charge in [-0.3, -0.25) is 4.90 Å². The Morgan fingerprint density at radius 1 is 1.15 bits per heavy atom. The number of rotatable bonds is 2. The molecule has 0 aromatic carbocycles. The molecule has 0 saturated carbocycles. The highest BCUT2D eigenvalue weighted by molar-refractivity contribution is 4.82. The fraction of sp³-hybridized carbons (Fsp3) is 1.00. The van der Waals surface area contributed by atoms with Crippen LogP contribution in [0.2, 0.25) is 0 Å². The molecule has 13 heavy (non-hydrogen) atoms. The Morgan fingerprint density at radius 3 is 2.00 bits per heavy atom. The third kappa shape index (κ3) is 2.93. The maximum Gasteiger partial charge on any atom is 0.164 e. The number of hydrogen-bond donors (Lipinski definition) is 2. The number of aliphatic hydroxyl groups excluding tert-OH is 1. The summed E-state index contributed by atoms with van der Waals surface area (Å²) in [7, 11) is 0. The summed E-state index contributed by atoms with van der Waals surface area (Å²) in [5.74, 6) is 0.761. The highest BCUT2D eigenvalue weighted by Gasteiger charge is 2.29. The predicted molar refractivity (Wildman–Crippen MR) is 52.3 cm³/mol. The van der Waals surface area contributed by atoms with E-state index in [1.54, 1.807) is 0 Å². The summed E-state index contributed by atoms with van der Waals surface area (Å²) < 4.78 is 0. The van der Waals surface area contributed by atoms with E-state index in [-0.39, 0.29) is 0 Å². The lowest BCUT2D eigenvalue weighted by atomic mass is 9.88. The third-order valence-corrected chi connectivity index (χ3v) is 2.99. The fourth-order valence-electron chi connectivity index (χ4n) is 2.51. The van der Waals surface area contributed by atoms with E-state index >= 15 is 0 Å². The number of hydrogen-bond acceptors (Lipinski definition) is 3. The topological polar surface area (TPSA) is 43.7 Å². The molecular weight excluding hydrogens is 166 g/mol. The highest BCUT2D eigenvalue weighted by Crippen LogP contribution is 2.26. The summed E-state index contributed by atoms with van der Waals surface area (Å²) in [5.41, 5.74) is 0. The van der Waals surface area contributed by atoms with Crippen molar-refractivity contribution in [2.75, 3.05) is 6.54 Å². The average molecular weight is 187 g/mol. The van der Waals surface area contributed by atoms with Gasteiger partial charge in [0, 0.05) is 18.6 Å². The first-order chi connectivity index (χ1) is 6.00. The molecule has 0 aromatic heterocycles. The quantitative estimate of drug-likeness (QED) is 0.629. The van der Waals surface area contributed by atoms with Crippen LogP contribution in [0.4, 0.5) is 0 Å². The molecule has 0 bridgehead atoms. The van der Waals surface area contributed by atoms with Gasteiger partial charge in [-0.25, -0.2) is 0 Å². The normalized spacial score (nSPS) is 36.9. The van der Waals surface area contributed by atoms with Crippen molar-refractivity contribution in [1.82, 2.24) is 4.90 Å². The Morgan fingerprint density at radius 2 is 1.62 bits per heavy atom. The average Bonchev–Trinajstić information content (AvgIpc) is 1.96. The minimum absolute atomic E-state index is 0.384. The lowest BCUT2D eigenvalue weighted by Gasteiger charge is -2.42. The minimum atomic E-state index is -1.20. The van der Waals surface area contributed by atoms with E-state index in [0.29, 0.717) is 18.6 Å². The molecular formula is C10H21NO2. The van der Waals surface area contributed by atoms with Gasteiger partial charge in [0.1, 0.15) is 0 Å². The van der Waals surface area contributed by atoms with E-state index < -0.39 is 6.29 Å². The van der Waals surface area contributed by atoms with Crippen molar-refractivity contribution in [3.05, 3.63) is 0 Å². The van der Waals surface area contributed by atoms with Crippen LogP contribution in [-0.4, -0.2) is 40.0 Å². The highest BCUT2D eigenvalue weighted by atomic mass is 16.5. The van der Waals surface area contributed by atoms with Crippen molar-refractivity contribution in [3.63, 3.8) is 0 Å². The molecule has 0 spiro atoms. The van der Waals surface area contributed by atoms with Crippen LogP contribution in [-0.2, 0) is 0 Å². The smallest absolute Gasteiger partial charge is 0.164 e. The molecule has 0 amide bonds. The molecule has 0 radical (unpaired) electrons. The predicted octanol–water partition coefficient (Wildman–Crippen LogP) is 0.806. The molecule has 0 aromatic rings. The minimum Gasteiger partial charge on any atom is -0.367 e. The van der Waals surface area contributed by atoms with Gasteiger partial charge in [0.25, 0.3) is 0 Å². The van der Waals surface area contributed by atoms with Crippen LogP contribution in [0.3, 0.4) is 0 Å². The maximum absolute atomic E-state index is 8.92. The standard InChI is InChI=1S/C10H21NO2/c1-7-4-8(2)11(6-10(12)13)9(3)5-7/h7-10,12-13H,4-6H2,1-3H3. The summed E-state index contributed by atoms with van der Waals surface area (Å²) in [6, 6.07) is 0.945. The van der Waals surface area contributed by atoms with Crippen LogP contribution < -0.4 is 0 Å². The van der Waals surface area contributed by atoms with Gasteiger partial charge in [-0.15, -0.1) is 0 Å². The second-order valence-corrected chi connectivity index (χ2v) is 4.45. The van der Waals surface area contributed by atoms with Crippen molar-refractivity contribution in [2.45, 2.75) is 52.0 Å². The number of piperidine rings is 1. The molecule has 0 aliphatic carbocycles. The molecule has 1 fully saturated rings. The molecule has 3 nitrogen and oxygen atoms in total. The summed E-state index contributed by atoms with van der Waals surface area (Å²) in [6.45, 7) is 6.97. The van der Waals surface area contributed by atoms with Crippen molar-refractivity contribution >= 4 is 0 Å². The van der Waals surface area contributed by atoms with Crippen LogP contribution in [0.25, 0.3) is 0 Å². The van der Waals surface area contributed by atoms with Crippen molar-refractivity contribution < 1.29 is 10.2 Å². The lowest BCUT2D eigenvalue weighted by Crippen LogP contribution is -2.49. The lowest BCUT2D eigenvalue weighted by molar-refractivity contribution is -0.0836. The van der Waals surface area contributed by atoms with Gasteiger partial charge in [-0.2, -0.15) is 0 Å². The second-order valence-electron chi connectivity index (χ2n) is 4.45. The molecule has 2 N–H and O–H groups in total. The van der Waals surface area contributed by atoms with E-state index in [1.165, 1.54) is 0 Å². The number of β-amino-alcohol motifs (C(OH)–C–C–N with tert-alkyl or cyclic N) is 2. The maximum atomic E-state index is 8.92. The molecule has 3 heteroatoms. The van der Waals surface area contributed by atoms with Crippen LogP contribution in [0.1, 0.15) is 33.6 Å². The Labute approximate surface area is 80.4 Å². The fourth-order valence-corrected chi connectivity index (χ4v) is 2.51. The monoisotopic (exact) mass is 187 g/mol. The van der Waals surface area contributed by atoms with Crippen molar-refractivity contribution in [1.29, 1.82) is 0 Å². The first-order valence-electron chi connectivity index (χ1n) is 5.12. The Balaban J connectivity index is 2.51. The van der Waals surface area contributed by atoms with Gasteiger partial charge in [0.2, 0.25) is 0 Å². The molecule has 1 rings (SSSR count). The van der Waals surface area contributed by atoms with Crippen LogP contribution in [0.5, 0.6) is 0 Å².